The monoisotopic (exact) mass is 300 g/mol. The minimum atomic E-state index is -1.38. The highest BCUT2D eigenvalue weighted by Crippen LogP contribution is 2.28. The van der Waals surface area contributed by atoms with E-state index in [4.69, 9.17) is 11.6 Å². The van der Waals surface area contributed by atoms with Crippen molar-refractivity contribution in [3.8, 4) is 0 Å². The summed E-state index contributed by atoms with van der Waals surface area (Å²) in [6.45, 7) is 1.42. The van der Waals surface area contributed by atoms with Gasteiger partial charge in [0.2, 0.25) is 0 Å². The van der Waals surface area contributed by atoms with Gasteiger partial charge in [-0.1, -0.05) is 17.7 Å². The molecule has 0 saturated heterocycles. The molecule has 2 rings (SSSR count). The Hall–Kier alpha value is -1.52. The van der Waals surface area contributed by atoms with Crippen LogP contribution in [-0.2, 0) is 6.42 Å². The van der Waals surface area contributed by atoms with Crippen molar-refractivity contribution < 1.29 is 18.3 Å². The van der Waals surface area contributed by atoms with Gasteiger partial charge in [0.15, 0.2) is 0 Å². The molecule has 0 amide bonds. The predicted octanol–water partition coefficient (Wildman–Crippen LogP) is 4.34. The number of rotatable bonds is 3. The number of benzene rings is 2. The third-order valence-corrected chi connectivity index (χ3v) is 3.45. The minimum Gasteiger partial charge on any atom is -0.388 e. The Kier molecular flexibility index (Phi) is 4.35. The van der Waals surface area contributed by atoms with Gasteiger partial charge in [-0.3, -0.25) is 0 Å². The van der Waals surface area contributed by atoms with Gasteiger partial charge in [-0.25, -0.2) is 13.2 Å². The van der Waals surface area contributed by atoms with Crippen molar-refractivity contribution >= 4 is 11.6 Å². The SMILES string of the molecule is Cc1cc(F)c(C(O)Cc2c(F)cccc2Cl)cc1F. The molecule has 0 saturated carbocycles. The van der Waals surface area contributed by atoms with Crippen LogP contribution in [0.1, 0.15) is 22.8 Å². The van der Waals surface area contributed by atoms with Gasteiger partial charge in [0.05, 0.1) is 6.10 Å². The summed E-state index contributed by atoms with van der Waals surface area (Å²) >= 11 is 5.84. The number of aryl methyl sites for hydroxylation is 1. The molecular weight excluding hydrogens is 289 g/mol. The maximum atomic E-state index is 13.7. The average molecular weight is 301 g/mol. The Labute approximate surface area is 119 Å². The Morgan fingerprint density at radius 2 is 1.80 bits per heavy atom. The Bertz CT molecular complexity index is 623. The predicted molar refractivity (Wildman–Crippen MR) is 71.2 cm³/mol. The van der Waals surface area contributed by atoms with Crippen molar-refractivity contribution in [2.75, 3.05) is 0 Å². The van der Waals surface area contributed by atoms with Crippen LogP contribution >= 0.6 is 11.6 Å². The van der Waals surface area contributed by atoms with E-state index < -0.39 is 23.6 Å². The molecule has 0 radical (unpaired) electrons. The van der Waals surface area contributed by atoms with E-state index in [9.17, 15) is 18.3 Å². The lowest BCUT2D eigenvalue weighted by molar-refractivity contribution is 0.172. The first-order valence-electron chi connectivity index (χ1n) is 5.96. The Balaban J connectivity index is 2.33. The van der Waals surface area contributed by atoms with E-state index in [0.29, 0.717) is 0 Å². The molecule has 5 heteroatoms. The molecule has 0 spiro atoms. The van der Waals surface area contributed by atoms with Gasteiger partial charge in [-0.05, 0) is 36.8 Å². The van der Waals surface area contributed by atoms with Crippen molar-refractivity contribution in [1.82, 2.24) is 0 Å². The lowest BCUT2D eigenvalue weighted by atomic mass is 9.99. The standard InChI is InChI=1S/C15H12ClF3O/c1-8-5-14(19)10(6-13(8)18)15(20)7-9-11(16)3-2-4-12(9)17/h2-6,15,20H,7H2,1H3. The molecule has 2 aromatic carbocycles. The van der Waals surface area contributed by atoms with E-state index in [-0.39, 0.29) is 28.1 Å². The fraction of sp³-hybridized carbons (Fsp3) is 0.200. The highest BCUT2D eigenvalue weighted by atomic mass is 35.5. The zero-order valence-corrected chi connectivity index (χ0v) is 11.4. The highest BCUT2D eigenvalue weighted by molar-refractivity contribution is 6.31. The van der Waals surface area contributed by atoms with Crippen molar-refractivity contribution in [1.29, 1.82) is 0 Å². The molecule has 2 aromatic rings. The van der Waals surface area contributed by atoms with Gasteiger partial charge < -0.3 is 5.11 Å². The smallest absolute Gasteiger partial charge is 0.129 e. The summed E-state index contributed by atoms with van der Waals surface area (Å²) in [7, 11) is 0. The Morgan fingerprint density at radius 1 is 1.10 bits per heavy atom. The summed E-state index contributed by atoms with van der Waals surface area (Å²) in [4.78, 5) is 0. The largest absolute Gasteiger partial charge is 0.388 e. The van der Waals surface area contributed by atoms with Crippen LogP contribution in [0.3, 0.4) is 0 Å². The van der Waals surface area contributed by atoms with E-state index in [2.05, 4.69) is 0 Å². The van der Waals surface area contributed by atoms with Gasteiger partial charge in [-0.15, -0.1) is 0 Å². The number of aliphatic hydroxyl groups excluding tert-OH is 1. The third kappa shape index (κ3) is 2.97. The minimum absolute atomic E-state index is 0.0713. The zero-order valence-electron chi connectivity index (χ0n) is 10.6. The molecule has 0 fully saturated rings. The van der Waals surface area contributed by atoms with Crippen LogP contribution in [0.15, 0.2) is 30.3 Å². The van der Waals surface area contributed by atoms with Gasteiger partial charge in [0.25, 0.3) is 0 Å². The summed E-state index contributed by atoms with van der Waals surface area (Å²) in [5, 5.41) is 10.1. The fourth-order valence-corrected chi connectivity index (χ4v) is 2.19. The summed E-state index contributed by atoms with van der Waals surface area (Å²) in [5.74, 6) is -1.95. The van der Waals surface area contributed by atoms with Crippen molar-refractivity contribution in [2.45, 2.75) is 19.4 Å². The first-order chi connectivity index (χ1) is 9.40. The van der Waals surface area contributed by atoms with Gasteiger partial charge >= 0.3 is 0 Å². The van der Waals surface area contributed by atoms with Crippen LogP contribution in [0.5, 0.6) is 0 Å². The second-order valence-electron chi connectivity index (χ2n) is 4.54. The van der Waals surface area contributed by atoms with Crippen LogP contribution in [-0.4, -0.2) is 5.11 Å². The average Bonchev–Trinajstić information content (AvgIpc) is 2.38. The van der Waals surface area contributed by atoms with Crippen LogP contribution in [0.25, 0.3) is 0 Å². The van der Waals surface area contributed by atoms with Gasteiger partial charge in [0.1, 0.15) is 17.5 Å². The van der Waals surface area contributed by atoms with E-state index in [0.717, 1.165) is 12.1 Å². The maximum Gasteiger partial charge on any atom is 0.129 e. The van der Waals surface area contributed by atoms with E-state index in [1.807, 2.05) is 0 Å². The van der Waals surface area contributed by atoms with Crippen LogP contribution in [0, 0.1) is 24.4 Å². The van der Waals surface area contributed by atoms with Crippen molar-refractivity contribution in [2.24, 2.45) is 0 Å². The maximum absolute atomic E-state index is 13.7. The molecule has 1 N–H and O–H groups in total. The van der Waals surface area contributed by atoms with E-state index >= 15 is 0 Å². The first-order valence-corrected chi connectivity index (χ1v) is 6.34. The normalized spacial score (nSPS) is 12.5. The van der Waals surface area contributed by atoms with Crippen LogP contribution in [0.2, 0.25) is 5.02 Å². The Morgan fingerprint density at radius 3 is 2.45 bits per heavy atom. The molecule has 0 bridgehead atoms. The fourth-order valence-electron chi connectivity index (χ4n) is 1.95. The molecule has 1 atom stereocenters. The summed E-state index contributed by atoms with van der Waals surface area (Å²) in [6, 6.07) is 6.01. The molecule has 0 aromatic heterocycles. The summed E-state index contributed by atoms with van der Waals surface area (Å²) in [6.07, 6.45) is -1.61. The highest BCUT2D eigenvalue weighted by Gasteiger charge is 2.19. The molecule has 20 heavy (non-hydrogen) atoms. The van der Waals surface area contributed by atoms with Crippen LogP contribution < -0.4 is 0 Å². The van der Waals surface area contributed by atoms with Gasteiger partial charge in [0, 0.05) is 22.6 Å². The third-order valence-electron chi connectivity index (χ3n) is 3.10. The second-order valence-corrected chi connectivity index (χ2v) is 4.95. The number of hydrogen-bond donors (Lipinski definition) is 1. The number of aliphatic hydroxyl groups is 1. The molecule has 0 heterocycles. The lowest BCUT2D eigenvalue weighted by Crippen LogP contribution is -2.07. The van der Waals surface area contributed by atoms with E-state index in [1.54, 1.807) is 0 Å². The zero-order chi connectivity index (χ0) is 14.9. The first kappa shape index (κ1) is 14.9. The van der Waals surface area contributed by atoms with Crippen molar-refractivity contribution in [3.05, 3.63) is 69.5 Å². The number of hydrogen-bond acceptors (Lipinski definition) is 1. The molecule has 106 valence electrons. The van der Waals surface area contributed by atoms with Gasteiger partial charge in [-0.2, -0.15) is 0 Å². The topological polar surface area (TPSA) is 20.2 Å². The summed E-state index contributed by atoms with van der Waals surface area (Å²) in [5.41, 5.74) is -0.00292. The molecule has 0 aliphatic rings. The molecule has 0 aliphatic carbocycles. The summed E-state index contributed by atoms with van der Waals surface area (Å²) < 4.78 is 40.8. The van der Waals surface area contributed by atoms with Crippen LogP contribution in [0.4, 0.5) is 13.2 Å². The molecular formula is C15H12ClF3O. The second kappa shape index (κ2) is 5.85. The molecule has 0 aliphatic heterocycles. The molecule has 1 unspecified atom stereocenters. The quantitative estimate of drug-likeness (QED) is 0.894. The number of halogens is 4. The van der Waals surface area contributed by atoms with Crippen molar-refractivity contribution in [3.63, 3.8) is 0 Å². The van der Waals surface area contributed by atoms with E-state index in [1.165, 1.54) is 25.1 Å². The molecule has 1 nitrogen and oxygen atoms in total. The lowest BCUT2D eigenvalue weighted by Gasteiger charge is -2.14.